The second-order valence-electron chi connectivity index (χ2n) is 11.4. The predicted molar refractivity (Wildman–Crippen MR) is 175 cm³/mol. The number of nitrogens with one attached hydrogen (secondary N) is 2. The zero-order valence-electron chi connectivity index (χ0n) is 27.2. The lowest BCUT2D eigenvalue weighted by molar-refractivity contribution is -0.137. The Balaban J connectivity index is 1.52. The molecule has 53 heavy (non-hydrogen) atoms. The number of nitrogens with zero attached hydrogens (tertiary/aromatic N) is 4. The lowest BCUT2D eigenvalue weighted by Gasteiger charge is -2.30. The van der Waals surface area contributed by atoms with Gasteiger partial charge in [-0.05, 0) is 0 Å². The number of nitrogens with two attached hydrogens (primary N) is 1. The van der Waals surface area contributed by atoms with Gasteiger partial charge in [0.15, 0.2) is 17.7 Å². The first-order valence-electron chi connectivity index (χ1n) is 14.5. The van der Waals surface area contributed by atoms with Gasteiger partial charge in [-0.3, -0.25) is 32.3 Å². The zero-order valence-corrected chi connectivity index (χ0v) is 31.6. The normalized spacial score (nSPS) is 22.6. The van der Waals surface area contributed by atoms with E-state index in [4.69, 9.17) is 24.1 Å². The SMILES string of the molecule is CC(C)(COP(=O)(O)OP(=O)(O)OC[C@H]1O[C@@H](n2cnc3c(N)ncnc32)[C@H](O)[C@@H]1OP(=O)(O)O)[C@@H](O)C(=O)NCCC(=O)NCCSOS(=O)(=O)O. The Hall–Kier alpha value is -2.24. The van der Waals surface area contributed by atoms with Gasteiger partial charge in [-0.25, -0.2) is 28.6 Å². The molecule has 11 N–H and O–H groups in total. The van der Waals surface area contributed by atoms with Crippen molar-refractivity contribution >= 4 is 74.7 Å². The molecule has 1 aliphatic rings. The summed E-state index contributed by atoms with van der Waals surface area (Å²) >= 11 is 0.355. The van der Waals surface area contributed by atoms with Crippen LogP contribution in [0.3, 0.4) is 0 Å². The van der Waals surface area contributed by atoms with Crippen LogP contribution in [0.15, 0.2) is 12.7 Å². The number of carbonyl (C=O) groups is 2. The first kappa shape index (κ1) is 45.2. The predicted octanol–water partition coefficient (Wildman–Crippen LogP) is -2.13. The van der Waals surface area contributed by atoms with Crippen LogP contribution < -0.4 is 16.4 Å². The first-order chi connectivity index (χ1) is 24.3. The topological polar surface area (TPSA) is 410 Å². The van der Waals surface area contributed by atoms with Gasteiger partial charge in [-0.2, -0.15) is 16.4 Å². The van der Waals surface area contributed by atoms with E-state index in [-0.39, 0.29) is 42.2 Å². The van der Waals surface area contributed by atoms with Crippen LogP contribution in [-0.2, 0) is 59.9 Å². The van der Waals surface area contributed by atoms with E-state index in [1.807, 2.05) is 0 Å². The number of anilines is 1. The molecule has 1 saturated heterocycles. The highest BCUT2D eigenvalue weighted by molar-refractivity contribution is 8.02. The molecule has 3 heterocycles. The number of aromatic nitrogens is 4. The molecular formula is C21H36N7O20P3S2. The molecule has 0 aromatic carbocycles. The van der Waals surface area contributed by atoms with E-state index in [0.29, 0.717) is 12.0 Å². The molecule has 2 aromatic heterocycles. The number of phosphoric ester groups is 3. The second kappa shape index (κ2) is 18.1. The number of nitrogen functional groups attached to an aromatic ring is 1. The maximum Gasteiger partial charge on any atom is 0.481 e. The van der Waals surface area contributed by atoms with Crippen molar-refractivity contribution in [3.8, 4) is 0 Å². The summed E-state index contributed by atoms with van der Waals surface area (Å²) in [5, 5.41) is 25.9. The Morgan fingerprint density at radius 1 is 1.09 bits per heavy atom. The van der Waals surface area contributed by atoms with Gasteiger partial charge >= 0.3 is 33.9 Å². The van der Waals surface area contributed by atoms with E-state index in [1.165, 1.54) is 13.8 Å². The first-order valence-corrected chi connectivity index (χ1v) is 21.3. The third kappa shape index (κ3) is 14.1. The van der Waals surface area contributed by atoms with Gasteiger partial charge in [0.2, 0.25) is 11.8 Å². The van der Waals surface area contributed by atoms with Crippen molar-refractivity contribution in [2.45, 2.75) is 50.9 Å². The number of ether oxygens (including phenoxy) is 1. The molecule has 27 nitrogen and oxygen atoms in total. The van der Waals surface area contributed by atoms with E-state index in [9.17, 15) is 61.5 Å². The monoisotopic (exact) mass is 863 g/mol. The number of aliphatic hydroxyl groups excluding tert-OH is 2. The summed E-state index contributed by atoms with van der Waals surface area (Å²) in [6, 6.07) is 0. The molecule has 32 heteroatoms. The minimum Gasteiger partial charge on any atom is -0.386 e. The van der Waals surface area contributed by atoms with Crippen LogP contribution in [0.2, 0.25) is 0 Å². The van der Waals surface area contributed by atoms with E-state index in [1.54, 1.807) is 0 Å². The molecule has 1 aliphatic heterocycles. The lowest BCUT2D eigenvalue weighted by atomic mass is 9.87. The molecule has 0 saturated carbocycles. The number of hydrogen-bond acceptors (Lipinski definition) is 20. The van der Waals surface area contributed by atoms with E-state index < -0.39 is 95.0 Å². The van der Waals surface area contributed by atoms with Crippen LogP contribution in [0.1, 0.15) is 26.5 Å². The maximum absolute atomic E-state index is 12.6. The summed E-state index contributed by atoms with van der Waals surface area (Å²) in [4.78, 5) is 75.0. The molecule has 0 radical (unpaired) electrons. The van der Waals surface area contributed by atoms with Crippen molar-refractivity contribution < 1.29 is 92.3 Å². The lowest BCUT2D eigenvalue weighted by Crippen LogP contribution is -2.46. The number of carbonyl (C=O) groups excluding carboxylic acids is 2. The van der Waals surface area contributed by atoms with E-state index in [0.717, 1.165) is 17.2 Å². The summed E-state index contributed by atoms with van der Waals surface area (Å²) in [5.41, 5.74) is 4.17. The third-order valence-corrected chi connectivity index (χ3v) is 11.3. The molecule has 2 amide bonds. The summed E-state index contributed by atoms with van der Waals surface area (Å²) in [6.45, 7) is -0.0201. The molecule has 0 bridgehead atoms. The highest BCUT2D eigenvalue weighted by Gasteiger charge is 2.50. The van der Waals surface area contributed by atoms with Gasteiger partial charge in [0.25, 0.3) is 0 Å². The summed E-state index contributed by atoms with van der Waals surface area (Å²) in [5.74, 6) is -1.73. The van der Waals surface area contributed by atoms with Crippen LogP contribution in [0.5, 0.6) is 0 Å². The Morgan fingerprint density at radius 2 is 1.75 bits per heavy atom. The van der Waals surface area contributed by atoms with Gasteiger partial charge in [-0.1, -0.05) is 13.8 Å². The smallest absolute Gasteiger partial charge is 0.386 e. The molecule has 3 rings (SSSR count). The quantitative estimate of drug-likeness (QED) is 0.0277. The molecule has 0 aliphatic carbocycles. The minimum atomic E-state index is -5.59. The molecule has 2 aromatic rings. The van der Waals surface area contributed by atoms with Crippen molar-refractivity contribution in [3.05, 3.63) is 12.7 Å². The Bertz CT molecular complexity index is 1860. The standard InChI is InChI=1S/C21H36N7O20P3S2/c1-21(2,16(31)19(32)24-4-3-12(29)23-5-6-52-48-53(40,41)42)8-44-51(38,39)47-50(36,37)43-7-11-15(46-49(33,34)35)14(30)20(45-11)28-10-27-13-17(22)25-9-26-18(13)28/h9-11,14-16,20,30-31H,3-8H2,1-2H3,(H,23,29)(H,24,32)(H,36,37)(H,38,39)(H2,22,25,26)(H2,33,34,35)(H,40,41,42)/t11-,14-,15-,16+,20-/m1/s1. The number of aliphatic hydroxyl groups is 2. The molecule has 7 atom stereocenters. The summed E-state index contributed by atoms with van der Waals surface area (Å²) in [7, 11) is -21.1. The number of amides is 2. The minimum absolute atomic E-state index is 0.0159. The Kier molecular flexibility index (Phi) is 15.5. The number of rotatable bonds is 21. The second-order valence-corrected chi connectivity index (χ2v) is 17.7. The van der Waals surface area contributed by atoms with E-state index in [2.05, 4.69) is 38.0 Å². The number of phosphoric acid groups is 3. The fourth-order valence-electron chi connectivity index (χ4n) is 4.27. The van der Waals surface area contributed by atoms with Gasteiger partial charge in [0, 0.05) is 42.7 Å². The number of fused-ring (bicyclic) bond motifs is 1. The zero-order chi connectivity index (χ0) is 40.0. The van der Waals surface area contributed by atoms with Gasteiger partial charge in [0.05, 0.1) is 19.5 Å². The van der Waals surface area contributed by atoms with Gasteiger partial charge in [-0.15, -0.1) is 0 Å². The fraction of sp³-hybridized carbons (Fsp3) is 0.667. The van der Waals surface area contributed by atoms with Crippen molar-refractivity contribution in [2.75, 3.05) is 37.8 Å². The highest BCUT2D eigenvalue weighted by atomic mass is 32.3. The Morgan fingerprint density at radius 3 is 2.40 bits per heavy atom. The van der Waals surface area contributed by atoms with Crippen molar-refractivity contribution in [2.24, 2.45) is 5.41 Å². The fourth-order valence-corrected chi connectivity index (χ4v) is 8.04. The van der Waals surface area contributed by atoms with Crippen molar-refractivity contribution in [1.29, 1.82) is 0 Å². The van der Waals surface area contributed by atoms with Crippen LogP contribution in [-0.4, -0.2) is 131 Å². The summed E-state index contributed by atoms with van der Waals surface area (Å²) < 4.78 is 95.1. The van der Waals surface area contributed by atoms with Crippen molar-refractivity contribution in [3.63, 3.8) is 0 Å². The number of hydrogen-bond donors (Lipinski definition) is 10. The van der Waals surface area contributed by atoms with Crippen LogP contribution in [0, 0.1) is 5.41 Å². The molecule has 2 unspecified atom stereocenters. The average Bonchev–Trinajstić information content (AvgIpc) is 3.58. The van der Waals surface area contributed by atoms with Crippen LogP contribution >= 0.6 is 35.5 Å². The highest BCUT2D eigenvalue weighted by Crippen LogP contribution is 2.61. The van der Waals surface area contributed by atoms with Gasteiger partial charge < -0.3 is 50.9 Å². The van der Waals surface area contributed by atoms with Crippen LogP contribution in [0.4, 0.5) is 5.82 Å². The van der Waals surface area contributed by atoms with Crippen molar-refractivity contribution in [1.82, 2.24) is 30.2 Å². The van der Waals surface area contributed by atoms with E-state index >= 15 is 0 Å². The Labute approximate surface area is 303 Å². The average molecular weight is 864 g/mol. The van der Waals surface area contributed by atoms with Crippen LogP contribution in [0.25, 0.3) is 11.2 Å². The third-order valence-electron chi connectivity index (χ3n) is 6.72. The molecule has 302 valence electrons. The summed E-state index contributed by atoms with van der Waals surface area (Å²) in [6.07, 6.45) is -7.18. The van der Waals surface area contributed by atoms with Gasteiger partial charge in [0.1, 0.15) is 36.3 Å². The molecular weight excluding hydrogens is 827 g/mol. The largest absolute Gasteiger partial charge is 0.481 e. The number of imidazole rings is 1. The molecule has 1 fully saturated rings. The molecule has 0 spiro atoms. The maximum atomic E-state index is 12.6.